The first-order valence-electron chi connectivity index (χ1n) is 12.2. The number of morpholine rings is 1. The number of hydrogen-bond acceptors (Lipinski definition) is 8. The molecule has 182 valence electrons. The van der Waals surface area contributed by atoms with Gasteiger partial charge in [-0.15, -0.1) is 0 Å². The van der Waals surface area contributed by atoms with Gasteiger partial charge in [-0.2, -0.15) is 9.97 Å². The maximum Gasteiger partial charge on any atom is 0.327 e. The molecular weight excluding hydrogens is 446 g/mol. The highest BCUT2D eigenvalue weighted by Crippen LogP contribution is 2.32. The zero-order valence-electron chi connectivity index (χ0n) is 19.7. The van der Waals surface area contributed by atoms with E-state index in [4.69, 9.17) is 14.5 Å². The second kappa shape index (κ2) is 9.18. The van der Waals surface area contributed by atoms with Gasteiger partial charge in [0, 0.05) is 31.6 Å². The number of ether oxygens (including phenoxy) is 2. The maximum atomic E-state index is 11.8. The Morgan fingerprint density at radius 3 is 2.74 bits per heavy atom. The monoisotopic (exact) mass is 475 g/mol. The van der Waals surface area contributed by atoms with Crippen LogP contribution in [0.1, 0.15) is 25.7 Å². The summed E-state index contributed by atoms with van der Waals surface area (Å²) in [5, 5.41) is 5.62. The molecule has 0 unspecified atom stereocenters. The number of aromatic amines is 1. The van der Waals surface area contributed by atoms with Crippen molar-refractivity contribution in [3.05, 3.63) is 47.0 Å². The van der Waals surface area contributed by atoms with Gasteiger partial charge in [0.1, 0.15) is 17.4 Å². The zero-order chi connectivity index (χ0) is 23.8. The number of hydrogen-bond donors (Lipinski definition) is 2. The molecule has 4 aromatic rings. The van der Waals surface area contributed by atoms with Crippen LogP contribution in [0, 0.1) is 0 Å². The lowest BCUT2D eigenvalue weighted by Gasteiger charge is -2.31. The summed E-state index contributed by atoms with van der Waals surface area (Å²) in [6, 6.07) is 10.7. The second-order valence-electron chi connectivity index (χ2n) is 9.26. The third kappa shape index (κ3) is 4.41. The Labute approximate surface area is 202 Å². The number of aryl methyl sites for hydroxylation is 1. The predicted molar refractivity (Wildman–Crippen MR) is 134 cm³/mol. The summed E-state index contributed by atoms with van der Waals surface area (Å²) < 4.78 is 13.5. The van der Waals surface area contributed by atoms with Crippen molar-refractivity contribution >= 4 is 33.7 Å². The Morgan fingerprint density at radius 1 is 1.11 bits per heavy atom. The van der Waals surface area contributed by atoms with Crippen LogP contribution in [-0.4, -0.2) is 63.0 Å². The van der Waals surface area contributed by atoms with Crippen LogP contribution in [0.15, 0.2) is 41.3 Å². The van der Waals surface area contributed by atoms with E-state index in [-0.39, 0.29) is 17.8 Å². The Bertz CT molecular complexity index is 1400. The van der Waals surface area contributed by atoms with Crippen molar-refractivity contribution < 1.29 is 9.47 Å². The molecule has 1 aliphatic carbocycles. The molecule has 1 aromatic carbocycles. The molecule has 10 heteroatoms. The molecule has 2 aliphatic rings. The van der Waals surface area contributed by atoms with Crippen molar-refractivity contribution in [3.8, 4) is 5.88 Å². The molecule has 10 nitrogen and oxygen atoms in total. The van der Waals surface area contributed by atoms with Crippen molar-refractivity contribution in [1.82, 2.24) is 24.5 Å². The molecule has 4 heterocycles. The average Bonchev–Trinajstić information content (AvgIpc) is 3.18. The van der Waals surface area contributed by atoms with Crippen LogP contribution in [0.4, 0.5) is 11.8 Å². The van der Waals surface area contributed by atoms with E-state index in [0.717, 1.165) is 68.6 Å². The first-order valence-corrected chi connectivity index (χ1v) is 12.2. The molecule has 1 saturated heterocycles. The van der Waals surface area contributed by atoms with Crippen molar-refractivity contribution in [2.24, 2.45) is 7.05 Å². The molecule has 3 aromatic heterocycles. The van der Waals surface area contributed by atoms with Gasteiger partial charge in [0.2, 0.25) is 11.8 Å². The van der Waals surface area contributed by atoms with Crippen LogP contribution in [0.2, 0.25) is 0 Å². The van der Waals surface area contributed by atoms with Gasteiger partial charge in [0.25, 0.3) is 0 Å². The summed E-state index contributed by atoms with van der Waals surface area (Å²) in [7, 11) is 1.70. The molecule has 2 fully saturated rings. The fourth-order valence-corrected chi connectivity index (χ4v) is 4.94. The average molecular weight is 476 g/mol. The van der Waals surface area contributed by atoms with E-state index >= 15 is 0 Å². The number of pyridine rings is 1. The summed E-state index contributed by atoms with van der Waals surface area (Å²) in [5.74, 6) is 2.20. The molecular formula is C25H29N7O3. The van der Waals surface area contributed by atoms with Gasteiger partial charge >= 0.3 is 5.69 Å². The molecule has 0 atom stereocenters. The standard InChI is InChI=1S/C25H29N7O3/c1-31-22-20(28-25(31)33)15-26-24(30-22)27-17-6-8-18(9-7-17)35-23-19-5-3-2-4-16(19)14-21(29-23)32-10-12-34-13-11-32/h2-5,14-15,17-18H,6-13H2,1H3,(H,28,33)(H,26,27,30)/t17-,18+. The molecule has 6 rings (SSSR count). The number of anilines is 2. The van der Waals surface area contributed by atoms with E-state index in [1.54, 1.807) is 13.2 Å². The lowest BCUT2D eigenvalue weighted by atomic mass is 9.93. The summed E-state index contributed by atoms with van der Waals surface area (Å²) in [6.07, 6.45) is 5.48. The minimum Gasteiger partial charge on any atom is -0.474 e. The summed E-state index contributed by atoms with van der Waals surface area (Å²) in [5.41, 5.74) is 1.05. The van der Waals surface area contributed by atoms with Gasteiger partial charge in [-0.3, -0.25) is 4.57 Å². The highest BCUT2D eigenvalue weighted by Gasteiger charge is 2.25. The number of fused-ring (bicyclic) bond motifs is 2. The molecule has 0 amide bonds. The van der Waals surface area contributed by atoms with Gasteiger partial charge in [-0.1, -0.05) is 18.2 Å². The summed E-state index contributed by atoms with van der Waals surface area (Å²) in [4.78, 5) is 30.6. The Balaban J connectivity index is 1.14. The second-order valence-corrected chi connectivity index (χ2v) is 9.26. The maximum absolute atomic E-state index is 11.8. The van der Waals surface area contributed by atoms with Crippen LogP contribution >= 0.6 is 0 Å². The minimum absolute atomic E-state index is 0.109. The van der Waals surface area contributed by atoms with Crippen LogP contribution in [0.3, 0.4) is 0 Å². The molecule has 0 spiro atoms. The molecule has 2 N–H and O–H groups in total. The third-order valence-electron chi connectivity index (χ3n) is 6.95. The van der Waals surface area contributed by atoms with E-state index in [1.807, 2.05) is 6.07 Å². The van der Waals surface area contributed by atoms with Gasteiger partial charge < -0.3 is 24.7 Å². The lowest BCUT2D eigenvalue weighted by molar-refractivity contribution is 0.122. The van der Waals surface area contributed by atoms with Crippen molar-refractivity contribution in [3.63, 3.8) is 0 Å². The molecule has 1 aliphatic heterocycles. The van der Waals surface area contributed by atoms with E-state index in [0.29, 0.717) is 23.0 Å². The van der Waals surface area contributed by atoms with Gasteiger partial charge in [-0.25, -0.2) is 9.78 Å². The smallest absolute Gasteiger partial charge is 0.327 e. The highest BCUT2D eigenvalue weighted by atomic mass is 16.5. The topological polar surface area (TPSA) is 110 Å². The molecule has 0 bridgehead atoms. The van der Waals surface area contributed by atoms with Gasteiger partial charge in [0.05, 0.1) is 19.4 Å². The quantitative estimate of drug-likeness (QED) is 0.453. The van der Waals surface area contributed by atoms with Gasteiger partial charge in [0.15, 0.2) is 5.65 Å². The fourth-order valence-electron chi connectivity index (χ4n) is 4.94. The Hall–Kier alpha value is -3.66. The van der Waals surface area contributed by atoms with Crippen LogP contribution < -0.4 is 20.6 Å². The lowest BCUT2D eigenvalue weighted by Crippen LogP contribution is -2.37. The van der Waals surface area contributed by atoms with Gasteiger partial charge in [-0.05, 0) is 43.2 Å². The molecule has 0 radical (unpaired) electrons. The number of imidazole rings is 1. The fraction of sp³-hybridized carbons (Fsp3) is 0.440. The predicted octanol–water partition coefficient (Wildman–Crippen LogP) is 2.84. The third-order valence-corrected chi connectivity index (χ3v) is 6.95. The van der Waals surface area contributed by atoms with Crippen LogP contribution in [-0.2, 0) is 11.8 Å². The number of benzene rings is 1. The number of rotatable bonds is 5. The Morgan fingerprint density at radius 2 is 1.91 bits per heavy atom. The highest BCUT2D eigenvalue weighted by molar-refractivity contribution is 5.89. The normalized spacial score (nSPS) is 20.9. The number of aromatic nitrogens is 5. The van der Waals surface area contributed by atoms with Crippen LogP contribution in [0.25, 0.3) is 21.9 Å². The SMILES string of the molecule is Cn1c(=O)[nH]c2cnc(N[C@H]3CC[C@@H](Oc4nc(N5CCOCC5)cc5ccccc45)CC3)nc21. The van der Waals surface area contributed by atoms with Crippen molar-refractivity contribution in [1.29, 1.82) is 0 Å². The van der Waals surface area contributed by atoms with Crippen molar-refractivity contribution in [2.45, 2.75) is 37.8 Å². The first kappa shape index (κ1) is 21.8. The first-order chi connectivity index (χ1) is 17.1. The van der Waals surface area contributed by atoms with E-state index in [2.05, 4.69) is 49.4 Å². The minimum atomic E-state index is -0.192. The zero-order valence-corrected chi connectivity index (χ0v) is 19.7. The molecule has 1 saturated carbocycles. The van der Waals surface area contributed by atoms with Crippen molar-refractivity contribution in [2.75, 3.05) is 36.5 Å². The van der Waals surface area contributed by atoms with E-state index in [9.17, 15) is 4.79 Å². The molecule has 35 heavy (non-hydrogen) atoms. The number of nitrogens with zero attached hydrogens (tertiary/aromatic N) is 5. The summed E-state index contributed by atoms with van der Waals surface area (Å²) in [6.45, 7) is 3.12. The van der Waals surface area contributed by atoms with Crippen LogP contribution in [0.5, 0.6) is 5.88 Å². The van der Waals surface area contributed by atoms with E-state index < -0.39 is 0 Å². The summed E-state index contributed by atoms with van der Waals surface area (Å²) >= 11 is 0. The Kier molecular flexibility index (Phi) is 5.73. The van der Waals surface area contributed by atoms with E-state index in [1.165, 1.54) is 4.57 Å². The largest absolute Gasteiger partial charge is 0.474 e. The number of nitrogens with one attached hydrogen (secondary N) is 2. The number of H-pyrrole nitrogens is 1.